The summed E-state index contributed by atoms with van der Waals surface area (Å²) in [4.78, 5) is 10.8. The average molecular weight is 158 g/mol. The molecule has 1 unspecified atom stereocenters. The molecule has 0 aliphatic rings. The molecule has 0 spiro atoms. The largest absolute Gasteiger partial charge is 0.394 e. The lowest BCUT2D eigenvalue weighted by Gasteiger charge is -2.08. The minimum atomic E-state index is -0.825. The highest BCUT2D eigenvalue weighted by molar-refractivity contribution is 5.81. The van der Waals surface area contributed by atoms with Gasteiger partial charge in [0.15, 0.2) is 0 Å². The Morgan fingerprint density at radius 2 is 2.36 bits per heavy atom. The van der Waals surface area contributed by atoms with Gasteiger partial charge in [-0.3, -0.25) is 4.79 Å². The maximum Gasteiger partial charge on any atom is 0.239 e. The van der Waals surface area contributed by atoms with Crippen LogP contribution in [0.5, 0.6) is 0 Å². The number of nitrogens with one attached hydrogen (secondary N) is 1. The van der Waals surface area contributed by atoms with Crippen molar-refractivity contribution in [3.8, 4) is 0 Å². The first-order valence-electron chi connectivity index (χ1n) is 3.36. The number of aliphatic hydroxyl groups is 1. The molecule has 0 radical (unpaired) electrons. The molecule has 1 amide bonds. The summed E-state index contributed by atoms with van der Waals surface area (Å²) in [5, 5.41) is 11.0. The highest BCUT2D eigenvalue weighted by atomic mass is 16.3. The van der Waals surface area contributed by atoms with Gasteiger partial charge in [0.05, 0.1) is 6.61 Å². The first kappa shape index (κ1) is 10.1. The molecule has 4 N–H and O–H groups in total. The second-order valence-electron chi connectivity index (χ2n) is 2.46. The first-order valence-corrected chi connectivity index (χ1v) is 3.36. The number of hydrogen-bond donors (Lipinski definition) is 3. The van der Waals surface area contributed by atoms with E-state index in [2.05, 4.69) is 11.9 Å². The molecule has 4 heteroatoms. The van der Waals surface area contributed by atoms with E-state index in [-0.39, 0.29) is 12.5 Å². The fraction of sp³-hybridized carbons (Fsp3) is 0.571. The molecule has 11 heavy (non-hydrogen) atoms. The number of carbonyl (C=O) groups excluding carboxylic acids is 1. The molecular formula is C7H14N2O2. The molecule has 1 atom stereocenters. The molecule has 0 aromatic carbocycles. The van der Waals surface area contributed by atoms with Crippen LogP contribution in [0.3, 0.4) is 0 Å². The Bertz CT molecular complexity index is 157. The van der Waals surface area contributed by atoms with E-state index in [0.717, 1.165) is 5.57 Å². The van der Waals surface area contributed by atoms with E-state index in [9.17, 15) is 4.79 Å². The number of nitrogens with two attached hydrogens (primary N) is 1. The molecule has 0 rings (SSSR count). The van der Waals surface area contributed by atoms with Crippen molar-refractivity contribution in [1.82, 2.24) is 5.32 Å². The number of hydrogen-bond acceptors (Lipinski definition) is 3. The van der Waals surface area contributed by atoms with Crippen LogP contribution in [0, 0.1) is 0 Å². The molecule has 0 aromatic rings. The lowest BCUT2D eigenvalue weighted by Crippen LogP contribution is -2.43. The van der Waals surface area contributed by atoms with E-state index in [1.54, 1.807) is 6.92 Å². The predicted molar refractivity (Wildman–Crippen MR) is 42.9 cm³/mol. The van der Waals surface area contributed by atoms with Crippen LogP contribution in [0.2, 0.25) is 0 Å². The average Bonchev–Trinajstić information content (AvgIpc) is 1.98. The van der Waals surface area contributed by atoms with Gasteiger partial charge in [-0.25, -0.2) is 0 Å². The standard InChI is InChI=1S/C7H14N2O2/c1-5(2)3-9-7(11)6(8)4-10/h6,10H,1,3-4,8H2,2H3,(H,9,11). The van der Waals surface area contributed by atoms with Gasteiger partial charge in [0.2, 0.25) is 5.91 Å². The molecule has 0 fully saturated rings. The van der Waals surface area contributed by atoms with Crippen molar-refractivity contribution in [1.29, 1.82) is 0 Å². The number of carbonyl (C=O) groups is 1. The summed E-state index contributed by atoms with van der Waals surface area (Å²) in [6.45, 7) is 5.47. The summed E-state index contributed by atoms with van der Waals surface area (Å²) in [7, 11) is 0. The van der Waals surface area contributed by atoms with Crippen LogP contribution >= 0.6 is 0 Å². The van der Waals surface area contributed by atoms with Crippen molar-refractivity contribution >= 4 is 5.91 Å². The summed E-state index contributed by atoms with van der Waals surface area (Å²) in [5.41, 5.74) is 6.06. The van der Waals surface area contributed by atoms with E-state index in [1.807, 2.05) is 0 Å². The zero-order valence-electron chi connectivity index (χ0n) is 6.63. The van der Waals surface area contributed by atoms with Crippen molar-refractivity contribution in [2.75, 3.05) is 13.2 Å². The zero-order valence-corrected chi connectivity index (χ0v) is 6.63. The second-order valence-corrected chi connectivity index (χ2v) is 2.46. The van der Waals surface area contributed by atoms with E-state index in [4.69, 9.17) is 10.8 Å². The minimum Gasteiger partial charge on any atom is -0.394 e. The van der Waals surface area contributed by atoms with Crippen molar-refractivity contribution in [3.05, 3.63) is 12.2 Å². The summed E-state index contributed by atoms with van der Waals surface area (Å²) in [6.07, 6.45) is 0. The Kier molecular flexibility index (Phi) is 4.49. The Morgan fingerprint density at radius 1 is 1.82 bits per heavy atom. The molecule has 4 nitrogen and oxygen atoms in total. The van der Waals surface area contributed by atoms with Crippen LogP contribution in [0.25, 0.3) is 0 Å². The summed E-state index contributed by atoms with van der Waals surface area (Å²) >= 11 is 0. The number of amides is 1. The van der Waals surface area contributed by atoms with Crippen molar-refractivity contribution in [2.45, 2.75) is 13.0 Å². The zero-order chi connectivity index (χ0) is 8.85. The number of aliphatic hydroxyl groups excluding tert-OH is 1. The Hall–Kier alpha value is -0.870. The van der Waals surface area contributed by atoms with Crippen LogP contribution in [0.15, 0.2) is 12.2 Å². The third-order valence-corrected chi connectivity index (χ3v) is 1.10. The predicted octanol–water partition coefficient (Wildman–Crippen LogP) is -1.00. The van der Waals surface area contributed by atoms with Crippen molar-refractivity contribution < 1.29 is 9.90 Å². The van der Waals surface area contributed by atoms with E-state index >= 15 is 0 Å². The second kappa shape index (κ2) is 4.87. The van der Waals surface area contributed by atoms with Gasteiger partial charge < -0.3 is 16.2 Å². The van der Waals surface area contributed by atoms with E-state index < -0.39 is 6.04 Å². The molecule has 64 valence electrons. The van der Waals surface area contributed by atoms with Crippen LogP contribution in [0.4, 0.5) is 0 Å². The van der Waals surface area contributed by atoms with Gasteiger partial charge in [-0.2, -0.15) is 0 Å². The van der Waals surface area contributed by atoms with Gasteiger partial charge in [-0.1, -0.05) is 12.2 Å². The highest BCUT2D eigenvalue weighted by Crippen LogP contribution is 1.83. The van der Waals surface area contributed by atoms with Crippen molar-refractivity contribution in [3.63, 3.8) is 0 Å². The lowest BCUT2D eigenvalue weighted by atomic mass is 10.3. The molecule has 0 aliphatic heterocycles. The summed E-state index contributed by atoms with van der Waals surface area (Å²) < 4.78 is 0. The van der Waals surface area contributed by atoms with Gasteiger partial charge in [-0.05, 0) is 6.92 Å². The Balaban J connectivity index is 3.60. The lowest BCUT2D eigenvalue weighted by molar-refractivity contribution is -0.122. The summed E-state index contributed by atoms with van der Waals surface area (Å²) in [6, 6.07) is -0.825. The van der Waals surface area contributed by atoms with Gasteiger partial charge in [0.25, 0.3) is 0 Å². The van der Waals surface area contributed by atoms with Gasteiger partial charge >= 0.3 is 0 Å². The maximum atomic E-state index is 10.8. The highest BCUT2D eigenvalue weighted by Gasteiger charge is 2.09. The first-order chi connectivity index (χ1) is 5.07. The molecule has 0 saturated carbocycles. The van der Waals surface area contributed by atoms with Gasteiger partial charge in [0, 0.05) is 6.54 Å². The third kappa shape index (κ3) is 4.52. The molecule has 0 bridgehead atoms. The minimum absolute atomic E-state index is 0.331. The summed E-state index contributed by atoms with van der Waals surface area (Å²) in [5.74, 6) is -0.351. The van der Waals surface area contributed by atoms with Crippen LogP contribution in [-0.2, 0) is 4.79 Å². The Labute approximate surface area is 66.1 Å². The molecular weight excluding hydrogens is 144 g/mol. The van der Waals surface area contributed by atoms with Crippen molar-refractivity contribution in [2.24, 2.45) is 5.73 Å². The van der Waals surface area contributed by atoms with Crippen LogP contribution in [-0.4, -0.2) is 30.2 Å². The van der Waals surface area contributed by atoms with Gasteiger partial charge in [0.1, 0.15) is 6.04 Å². The fourth-order valence-electron chi connectivity index (χ4n) is 0.452. The van der Waals surface area contributed by atoms with Gasteiger partial charge in [-0.15, -0.1) is 0 Å². The normalized spacial score (nSPS) is 12.3. The smallest absolute Gasteiger partial charge is 0.239 e. The fourth-order valence-corrected chi connectivity index (χ4v) is 0.452. The van der Waals surface area contributed by atoms with Crippen LogP contribution < -0.4 is 11.1 Å². The third-order valence-electron chi connectivity index (χ3n) is 1.10. The molecule has 0 aromatic heterocycles. The Morgan fingerprint density at radius 3 is 2.73 bits per heavy atom. The number of rotatable bonds is 4. The van der Waals surface area contributed by atoms with E-state index in [1.165, 1.54) is 0 Å². The molecule has 0 saturated heterocycles. The SMILES string of the molecule is C=C(C)CNC(=O)C(N)CO. The monoisotopic (exact) mass is 158 g/mol. The molecule has 0 aliphatic carbocycles. The van der Waals surface area contributed by atoms with Crippen LogP contribution in [0.1, 0.15) is 6.92 Å². The van der Waals surface area contributed by atoms with E-state index in [0.29, 0.717) is 6.54 Å². The topological polar surface area (TPSA) is 75.4 Å². The quantitative estimate of drug-likeness (QED) is 0.459. The maximum absolute atomic E-state index is 10.8. The molecule has 0 heterocycles.